The predicted octanol–water partition coefficient (Wildman–Crippen LogP) is 2.65. The molecule has 1 amide bonds. The summed E-state index contributed by atoms with van der Waals surface area (Å²) in [7, 11) is 0. The smallest absolute Gasteiger partial charge is 0.225 e. The summed E-state index contributed by atoms with van der Waals surface area (Å²) >= 11 is 6.05. The zero-order valence-electron chi connectivity index (χ0n) is 18.2. The average Bonchev–Trinajstić information content (AvgIpc) is 2.79. The van der Waals surface area contributed by atoms with Crippen LogP contribution in [0.4, 0.5) is 5.95 Å². The number of primary amides is 1. The zero-order valence-corrected chi connectivity index (χ0v) is 19.0. The Morgan fingerprint density at radius 1 is 1.19 bits per heavy atom. The van der Waals surface area contributed by atoms with Crippen LogP contribution in [0, 0.1) is 0 Å². The summed E-state index contributed by atoms with van der Waals surface area (Å²) in [6.45, 7) is 4.66. The van der Waals surface area contributed by atoms with E-state index in [2.05, 4.69) is 19.8 Å². The van der Waals surface area contributed by atoms with Crippen LogP contribution in [0.1, 0.15) is 31.2 Å². The number of ether oxygens (including phenoxy) is 2. The molecule has 2 fully saturated rings. The van der Waals surface area contributed by atoms with E-state index in [1.807, 2.05) is 24.5 Å². The first-order valence-electron chi connectivity index (χ1n) is 11.1. The SMILES string of the molecule is NC(=O)C[C@]1(COc2cccc(Cl)c2)CN(Cc2cnc(N3CCCCC3)nc2)CCO1. The first kappa shape index (κ1) is 22.8. The summed E-state index contributed by atoms with van der Waals surface area (Å²) in [6.07, 6.45) is 7.53. The fourth-order valence-electron chi connectivity index (χ4n) is 4.34. The third kappa shape index (κ3) is 6.09. The number of benzene rings is 1. The van der Waals surface area contributed by atoms with E-state index in [1.54, 1.807) is 12.1 Å². The number of anilines is 1. The molecular formula is C23H30ClN5O3. The van der Waals surface area contributed by atoms with Crippen LogP contribution < -0.4 is 15.4 Å². The lowest BCUT2D eigenvalue weighted by Crippen LogP contribution is -2.56. The molecule has 4 rings (SSSR count). The first-order valence-corrected chi connectivity index (χ1v) is 11.5. The molecule has 2 N–H and O–H groups in total. The molecule has 32 heavy (non-hydrogen) atoms. The Labute approximate surface area is 193 Å². The van der Waals surface area contributed by atoms with Gasteiger partial charge in [0.15, 0.2) is 0 Å². The molecule has 2 aliphatic rings. The van der Waals surface area contributed by atoms with Crippen LogP contribution in [0.3, 0.4) is 0 Å². The average molecular weight is 460 g/mol. The molecule has 0 bridgehead atoms. The molecule has 0 spiro atoms. The molecular weight excluding hydrogens is 430 g/mol. The van der Waals surface area contributed by atoms with Crippen molar-refractivity contribution in [1.29, 1.82) is 0 Å². The largest absolute Gasteiger partial charge is 0.490 e. The monoisotopic (exact) mass is 459 g/mol. The van der Waals surface area contributed by atoms with E-state index in [1.165, 1.54) is 19.3 Å². The van der Waals surface area contributed by atoms with Gasteiger partial charge in [-0.25, -0.2) is 9.97 Å². The molecule has 9 heteroatoms. The normalized spacial score (nSPS) is 22.0. The second kappa shape index (κ2) is 10.5. The number of nitrogens with zero attached hydrogens (tertiary/aromatic N) is 4. The van der Waals surface area contributed by atoms with Gasteiger partial charge in [0.2, 0.25) is 11.9 Å². The Hall–Kier alpha value is -2.42. The third-order valence-corrected chi connectivity index (χ3v) is 6.09. The van der Waals surface area contributed by atoms with E-state index in [4.69, 9.17) is 26.8 Å². The van der Waals surface area contributed by atoms with Crippen molar-refractivity contribution in [3.05, 3.63) is 47.2 Å². The molecule has 8 nitrogen and oxygen atoms in total. The highest BCUT2D eigenvalue weighted by atomic mass is 35.5. The molecule has 2 saturated heterocycles. The van der Waals surface area contributed by atoms with Crippen LogP contribution in [0.25, 0.3) is 0 Å². The fraction of sp³-hybridized carbons (Fsp3) is 0.522. The Morgan fingerprint density at radius 2 is 1.97 bits per heavy atom. The third-order valence-electron chi connectivity index (χ3n) is 5.86. The van der Waals surface area contributed by atoms with Crippen molar-refractivity contribution in [2.24, 2.45) is 5.73 Å². The number of rotatable bonds is 8. The van der Waals surface area contributed by atoms with E-state index in [-0.39, 0.29) is 13.0 Å². The number of hydrogen-bond donors (Lipinski definition) is 1. The Bertz CT molecular complexity index is 907. The van der Waals surface area contributed by atoms with Crippen molar-refractivity contribution in [2.75, 3.05) is 44.3 Å². The van der Waals surface area contributed by atoms with E-state index >= 15 is 0 Å². The summed E-state index contributed by atoms with van der Waals surface area (Å²) in [5, 5.41) is 0.589. The highest BCUT2D eigenvalue weighted by Crippen LogP contribution is 2.26. The lowest BCUT2D eigenvalue weighted by Gasteiger charge is -2.42. The molecule has 0 saturated carbocycles. The topological polar surface area (TPSA) is 93.8 Å². The number of carbonyl (C=O) groups is 1. The lowest BCUT2D eigenvalue weighted by molar-refractivity contribution is -0.148. The summed E-state index contributed by atoms with van der Waals surface area (Å²) in [6, 6.07) is 7.16. The first-order chi connectivity index (χ1) is 15.5. The number of hydrogen-bond acceptors (Lipinski definition) is 7. The molecule has 1 aromatic heterocycles. The predicted molar refractivity (Wildman–Crippen MR) is 123 cm³/mol. The molecule has 2 aliphatic heterocycles. The molecule has 172 valence electrons. The quantitative estimate of drug-likeness (QED) is 0.648. The van der Waals surface area contributed by atoms with E-state index in [0.717, 1.165) is 31.1 Å². The number of piperidine rings is 1. The number of carbonyl (C=O) groups excluding carboxylic acids is 1. The van der Waals surface area contributed by atoms with Gasteiger partial charge in [-0.2, -0.15) is 0 Å². The Balaban J connectivity index is 1.40. The maximum absolute atomic E-state index is 11.8. The number of morpholine rings is 1. The van der Waals surface area contributed by atoms with Crippen molar-refractivity contribution < 1.29 is 14.3 Å². The fourth-order valence-corrected chi connectivity index (χ4v) is 4.52. The number of halogens is 1. The van der Waals surface area contributed by atoms with Gasteiger partial charge < -0.3 is 20.1 Å². The van der Waals surface area contributed by atoms with Crippen LogP contribution in [0.15, 0.2) is 36.7 Å². The minimum absolute atomic E-state index is 0.0778. The van der Waals surface area contributed by atoms with Crippen molar-refractivity contribution in [1.82, 2.24) is 14.9 Å². The summed E-state index contributed by atoms with van der Waals surface area (Å²) < 4.78 is 12.0. The van der Waals surface area contributed by atoms with Gasteiger partial charge >= 0.3 is 0 Å². The Morgan fingerprint density at radius 3 is 2.69 bits per heavy atom. The van der Waals surface area contributed by atoms with Gasteiger partial charge in [0.25, 0.3) is 0 Å². The van der Waals surface area contributed by atoms with E-state index in [9.17, 15) is 4.79 Å². The van der Waals surface area contributed by atoms with Crippen LogP contribution in [0.2, 0.25) is 5.02 Å². The molecule has 3 heterocycles. The van der Waals surface area contributed by atoms with Crippen LogP contribution in [0.5, 0.6) is 5.75 Å². The van der Waals surface area contributed by atoms with Gasteiger partial charge in [-0.15, -0.1) is 0 Å². The van der Waals surface area contributed by atoms with Gasteiger partial charge in [-0.05, 0) is 37.5 Å². The highest BCUT2D eigenvalue weighted by Gasteiger charge is 2.39. The number of amides is 1. The van der Waals surface area contributed by atoms with Gasteiger partial charge in [-0.1, -0.05) is 17.7 Å². The molecule has 0 unspecified atom stereocenters. The molecule has 1 atom stereocenters. The van der Waals surface area contributed by atoms with Crippen molar-refractivity contribution in [3.8, 4) is 5.75 Å². The Kier molecular flexibility index (Phi) is 7.44. The molecule has 0 radical (unpaired) electrons. The minimum Gasteiger partial charge on any atom is -0.490 e. The van der Waals surface area contributed by atoms with Crippen molar-refractivity contribution in [2.45, 2.75) is 37.8 Å². The number of nitrogens with two attached hydrogens (primary N) is 1. The van der Waals surface area contributed by atoms with Gasteiger partial charge in [0.05, 0.1) is 13.0 Å². The van der Waals surface area contributed by atoms with Gasteiger partial charge in [-0.3, -0.25) is 9.69 Å². The summed E-state index contributed by atoms with van der Waals surface area (Å²) in [5.41, 5.74) is 5.75. The molecule has 0 aliphatic carbocycles. The van der Waals surface area contributed by atoms with Gasteiger partial charge in [0.1, 0.15) is 18.0 Å². The van der Waals surface area contributed by atoms with Crippen molar-refractivity contribution >= 4 is 23.5 Å². The standard InChI is InChI=1S/C23H30ClN5O3/c24-19-5-4-6-20(11-19)31-17-23(12-21(25)30)16-28(9-10-32-23)15-18-13-26-22(27-14-18)29-7-2-1-3-8-29/h4-6,11,13-14H,1-3,7-10,12,15-17H2,(H2,25,30)/t23-/m1/s1. The number of aromatic nitrogens is 2. The van der Waals surface area contributed by atoms with Crippen molar-refractivity contribution in [3.63, 3.8) is 0 Å². The molecule has 1 aromatic carbocycles. The maximum Gasteiger partial charge on any atom is 0.225 e. The molecule has 2 aromatic rings. The van der Waals surface area contributed by atoms with E-state index in [0.29, 0.717) is 30.5 Å². The second-order valence-electron chi connectivity index (χ2n) is 8.57. The maximum atomic E-state index is 11.8. The van der Waals surface area contributed by atoms with Crippen LogP contribution in [-0.2, 0) is 16.1 Å². The van der Waals surface area contributed by atoms with Crippen LogP contribution >= 0.6 is 11.6 Å². The van der Waals surface area contributed by atoms with E-state index < -0.39 is 11.5 Å². The summed E-state index contributed by atoms with van der Waals surface area (Å²) in [4.78, 5) is 25.5. The lowest BCUT2D eigenvalue weighted by atomic mass is 9.97. The van der Waals surface area contributed by atoms with Crippen LogP contribution in [-0.4, -0.2) is 65.8 Å². The summed E-state index contributed by atoms with van der Waals surface area (Å²) in [5.74, 6) is 1.01. The van der Waals surface area contributed by atoms with Gasteiger partial charge in [0, 0.05) is 55.7 Å². The zero-order chi connectivity index (χ0) is 22.4. The second-order valence-corrected chi connectivity index (χ2v) is 9.01. The highest BCUT2D eigenvalue weighted by molar-refractivity contribution is 6.30. The minimum atomic E-state index is -0.818.